The minimum Gasteiger partial charge on any atom is -0.494 e. The summed E-state index contributed by atoms with van der Waals surface area (Å²) in [6.07, 6.45) is 6.80. The lowest BCUT2D eigenvalue weighted by atomic mass is 10.2. The Morgan fingerprint density at radius 2 is 2.00 bits per heavy atom. The number of hydrazone groups is 1. The van der Waals surface area contributed by atoms with Crippen LogP contribution in [0.3, 0.4) is 0 Å². The van der Waals surface area contributed by atoms with Crippen molar-refractivity contribution in [3.63, 3.8) is 0 Å². The summed E-state index contributed by atoms with van der Waals surface area (Å²) in [4.78, 5) is 10.7. The predicted octanol–water partition coefficient (Wildman–Crippen LogP) is 3.33. The molecule has 3 rings (SSSR count). The van der Waals surface area contributed by atoms with E-state index in [0.29, 0.717) is 5.82 Å². The Kier molecular flexibility index (Phi) is 7.41. The summed E-state index contributed by atoms with van der Waals surface area (Å²) in [6, 6.07) is 9.80. The number of rotatable bonds is 9. The highest BCUT2D eigenvalue weighted by atomic mass is 16.5. The van der Waals surface area contributed by atoms with Crippen molar-refractivity contribution in [1.29, 1.82) is 0 Å². The number of nitrogens with zero attached hydrogens (tertiary/aromatic N) is 4. The Labute approximate surface area is 160 Å². The van der Waals surface area contributed by atoms with Crippen molar-refractivity contribution >= 4 is 17.9 Å². The van der Waals surface area contributed by atoms with Crippen molar-refractivity contribution in [3.8, 4) is 5.75 Å². The van der Waals surface area contributed by atoms with Gasteiger partial charge in [0.1, 0.15) is 17.9 Å². The van der Waals surface area contributed by atoms with Gasteiger partial charge in [0, 0.05) is 19.2 Å². The molecular formula is C20H27N5O2. The molecule has 0 aliphatic carbocycles. The third-order valence-corrected chi connectivity index (χ3v) is 4.28. The second-order valence-corrected chi connectivity index (χ2v) is 6.36. The van der Waals surface area contributed by atoms with E-state index < -0.39 is 0 Å². The first-order chi connectivity index (χ1) is 13.3. The van der Waals surface area contributed by atoms with Crippen LogP contribution in [-0.4, -0.2) is 49.1 Å². The van der Waals surface area contributed by atoms with Crippen molar-refractivity contribution in [2.75, 3.05) is 43.2 Å². The number of benzene rings is 1. The van der Waals surface area contributed by atoms with Crippen molar-refractivity contribution < 1.29 is 9.47 Å². The lowest BCUT2D eigenvalue weighted by Gasteiger charge is -2.27. The molecule has 7 nitrogen and oxygen atoms in total. The van der Waals surface area contributed by atoms with Gasteiger partial charge in [0.2, 0.25) is 0 Å². The number of morpholine rings is 1. The van der Waals surface area contributed by atoms with Crippen LogP contribution in [0.25, 0.3) is 0 Å². The van der Waals surface area contributed by atoms with E-state index in [1.54, 1.807) is 12.5 Å². The zero-order chi connectivity index (χ0) is 18.7. The number of hydrogen-bond donors (Lipinski definition) is 1. The van der Waals surface area contributed by atoms with E-state index in [0.717, 1.165) is 56.5 Å². The Bertz CT molecular complexity index is 715. The highest BCUT2D eigenvalue weighted by Gasteiger charge is 2.12. The summed E-state index contributed by atoms with van der Waals surface area (Å²) in [6.45, 7) is 6.08. The molecule has 1 N–H and O–H groups in total. The van der Waals surface area contributed by atoms with Gasteiger partial charge in [-0.2, -0.15) is 5.10 Å². The number of nitrogens with one attached hydrogen (secondary N) is 1. The van der Waals surface area contributed by atoms with Crippen molar-refractivity contribution in [2.24, 2.45) is 5.10 Å². The normalized spacial score (nSPS) is 14.5. The van der Waals surface area contributed by atoms with Crippen LogP contribution in [0.2, 0.25) is 0 Å². The molecule has 0 bridgehead atoms. The Morgan fingerprint density at radius 1 is 1.19 bits per heavy atom. The monoisotopic (exact) mass is 369 g/mol. The summed E-state index contributed by atoms with van der Waals surface area (Å²) in [5, 5.41) is 4.26. The van der Waals surface area contributed by atoms with Gasteiger partial charge in [-0.1, -0.05) is 19.8 Å². The fourth-order valence-electron chi connectivity index (χ4n) is 2.74. The molecule has 1 saturated heterocycles. The first-order valence-electron chi connectivity index (χ1n) is 9.52. The van der Waals surface area contributed by atoms with Gasteiger partial charge in [0.25, 0.3) is 0 Å². The maximum absolute atomic E-state index is 5.72. The fourth-order valence-corrected chi connectivity index (χ4v) is 2.74. The molecule has 2 heterocycles. The van der Waals surface area contributed by atoms with Crippen LogP contribution in [0.1, 0.15) is 31.7 Å². The molecule has 1 aliphatic heterocycles. The summed E-state index contributed by atoms with van der Waals surface area (Å²) < 4.78 is 11.1. The van der Waals surface area contributed by atoms with E-state index in [1.165, 1.54) is 12.8 Å². The molecule has 0 amide bonds. The van der Waals surface area contributed by atoms with Crippen molar-refractivity contribution in [3.05, 3.63) is 42.2 Å². The van der Waals surface area contributed by atoms with Crippen LogP contribution < -0.4 is 15.1 Å². The molecule has 1 aromatic carbocycles. The number of ether oxygens (including phenoxy) is 2. The zero-order valence-electron chi connectivity index (χ0n) is 15.8. The van der Waals surface area contributed by atoms with Crippen LogP contribution in [0.5, 0.6) is 5.75 Å². The Morgan fingerprint density at radius 3 is 2.78 bits per heavy atom. The number of aromatic nitrogens is 2. The van der Waals surface area contributed by atoms with Gasteiger partial charge in [-0.25, -0.2) is 9.97 Å². The number of anilines is 2. The quantitative estimate of drug-likeness (QED) is 0.415. The standard InChI is InChI=1S/C20H27N5O2/c1-2-3-4-11-27-18-7-5-17(6-8-18)15-23-24-19-14-20(22-16-21-19)25-9-12-26-13-10-25/h5-8,14-16H,2-4,9-13H2,1H3,(H,21,22,24)/b23-15-. The molecule has 1 fully saturated rings. The number of hydrogen-bond acceptors (Lipinski definition) is 7. The van der Waals surface area contributed by atoms with Crippen LogP contribution >= 0.6 is 0 Å². The van der Waals surface area contributed by atoms with Crippen LogP contribution in [0, 0.1) is 0 Å². The molecule has 0 spiro atoms. The first-order valence-corrected chi connectivity index (χ1v) is 9.52. The maximum Gasteiger partial charge on any atom is 0.151 e. The molecule has 144 valence electrons. The molecular weight excluding hydrogens is 342 g/mol. The smallest absolute Gasteiger partial charge is 0.151 e. The molecule has 7 heteroatoms. The summed E-state index contributed by atoms with van der Waals surface area (Å²) in [5.41, 5.74) is 3.96. The second-order valence-electron chi connectivity index (χ2n) is 6.36. The molecule has 0 unspecified atom stereocenters. The third-order valence-electron chi connectivity index (χ3n) is 4.28. The third kappa shape index (κ3) is 6.21. The molecule has 1 aromatic heterocycles. The minimum atomic E-state index is 0.665. The fraction of sp³-hybridized carbons (Fsp3) is 0.450. The van der Waals surface area contributed by atoms with E-state index in [1.807, 2.05) is 30.3 Å². The average Bonchev–Trinajstić information content (AvgIpc) is 2.73. The molecule has 27 heavy (non-hydrogen) atoms. The van der Waals surface area contributed by atoms with E-state index in [2.05, 4.69) is 32.3 Å². The summed E-state index contributed by atoms with van der Waals surface area (Å²) in [7, 11) is 0. The lowest BCUT2D eigenvalue weighted by molar-refractivity contribution is 0.122. The topological polar surface area (TPSA) is 71.9 Å². The van der Waals surface area contributed by atoms with Gasteiger partial charge in [-0.15, -0.1) is 0 Å². The lowest BCUT2D eigenvalue weighted by Crippen LogP contribution is -2.36. The van der Waals surface area contributed by atoms with Gasteiger partial charge >= 0.3 is 0 Å². The van der Waals surface area contributed by atoms with E-state index in [-0.39, 0.29) is 0 Å². The molecule has 1 aliphatic rings. The number of unbranched alkanes of at least 4 members (excludes halogenated alkanes) is 2. The molecule has 2 aromatic rings. The van der Waals surface area contributed by atoms with Crippen molar-refractivity contribution in [1.82, 2.24) is 9.97 Å². The Hall–Kier alpha value is -2.67. The van der Waals surface area contributed by atoms with E-state index in [9.17, 15) is 0 Å². The van der Waals surface area contributed by atoms with E-state index in [4.69, 9.17) is 9.47 Å². The first kappa shape index (κ1) is 19.1. The second kappa shape index (κ2) is 10.5. The maximum atomic E-state index is 5.72. The Balaban J connectivity index is 1.50. The van der Waals surface area contributed by atoms with Gasteiger partial charge < -0.3 is 14.4 Å². The van der Waals surface area contributed by atoms with Gasteiger partial charge in [0.05, 0.1) is 26.0 Å². The van der Waals surface area contributed by atoms with Crippen LogP contribution in [0.4, 0.5) is 11.6 Å². The van der Waals surface area contributed by atoms with Gasteiger partial charge in [-0.3, -0.25) is 5.43 Å². The van der Waals surface area contributed by atoms with Crippen molar-refractivity contribution in [2.45, 2.75) is 26.2 Å². The van der Waals surface area contributed by atoms with E-state index >= 15 is 0 Å². The highest BCUT2D eigenvalue weighted by molar-refractivity contribution is 5.80. The summed E-state index contributed by atoms with van der Waals surface area (Å²) in [5.74, 6) is 2.44. The largest absolute Gasteiger partial charge is 0.494 e. The zero-order valence-corrected chi connectivity index (χ0v) is 15.8. The molecule has 0 saturated carbocycles. The highest BCUT2D eigenvalue weighted by Crippen LogP contribution is 2.15. The molecule has 0 atom stereocenters. The SMILES string of the molecule is CCCCCOc1ccc(/C=N\Nc2cc(N3CCOCC3)ncn2)cc1. The van der Waals surface area contributed by atoms with Crippen LogP contribution in [0.15, 0.2) is 41.8 Å². The average molecular weight is 369 g/mol. The molecule has 0 radical (unpaired) electrons. The van der Waals surface area contributed by atoms with Crippen LogP contribution in [-0.2, 0) is 4.74 Å². The predicted molar refractivity (Wildman–Crippen MR) is 108 cm³/mol. The van der Waals surface area contributed by atoms with Gasteiger partial charge in [-0.05, 0) is 36.2 Å². The summed E-state index contributed by atoms with van der Waals surface area (Å²) >= 11 is 0. The minimum absolute atomic E-state index is 0.665. The van der Waals surface area contributed by atoms with Gasteiger partial charge in [0.15, 0.2) is 5.82 Å².